The number of aliphatic imine (C=N–C) groups is 2. The Hall–Kier alpha value is -5.21. The zero-order valence-corrected chi connectivity index (χ0v) is 68.1. The molecule has 2 aliphatic rings. The Morgan fingerprint density at radius 3 is 1.16 bits per heavy atom. The van der Waals surface area contributed by atoms with Crippen LogP contribution < -0.4 is 10.6 Å². The van der Waals surface area contributed by atoms with Crippen molar-refractivity contribution < 1.29 is 98.6 Å². The van der Waals surface area contributed by atoms with Crippen molar-refractivity contribution >= 4 is 125 Å². The van der Waals surface area contributed by atoms with Crippen molar-refractivity contribution in [1.82, 2.24) is 58.2 Å². The van der Waals surface area contributed by atoms with E-state index in [1.54, 1.807) is 45.5 Å². The van der Waals surface area contributed by atoms with Crippen molar-refractivity contribution in [1.29, 1.82) is 0 Å². The first kappa shape index (κ1) is 102. The van der Waals surface area contributed by atoms with Crippen molar-refractivity contribution in [2.24, 2.45) is 9.98 Å². The molecule has 0 aromatic carbocycles. The van der Waals surface area contributed by atoms with Gasteiger partial charge in [0.25, 0.3) is 0 Å². The zero-order valence-electron chi connectivity index (χ0n) is 62.2. The van der Waals surface area contributed by atoms with E-state index < -0.39 is 41.4 Å². The molecule has 0 aliphatic carbocycles. The second-order valence-corrected chi connectivity index (χ2v) is 30.7. The van der Waals surface area contributed by atoms with Crippen LogP contribution in [0.2, 0.25) is 5.15 Å². The van der Waals surface area contributed by atoms with Gasteiger partial charge >= 0.3 is 54.8 Å². The summed E-state index contributed by atoms with van der Waals surface area (Å²) in [6.45, 7) is 33.2. The molecule has 0 fully saturated rings. The Balaban J connectivity index is 0. The number of aliphatic hydroxyl groups is 1. The third kappa shape index (κ3) is 43.5. The summed E-state index contributed by atoms with van der Waals surface area (Å²) < 4.78 is 91.0. The van der Waals surface area contributed by atoms with E-state index in [2.05, 4.69) is 73.9 Å². The quantitative estimate of drug-likeness (QED) is 0.00906. The van der Waals surface area contributed by atoms with E-state index in [1.165, 1.54) is 13.4 Å². The zero-order chi connectivity index (χ0) is 79.7. The number of nitrogens with one attached hydrogen (secondary N) is 2. The van der Waals surface area contributed by atoms with Crippen molar-refractivity contribution in [3.05, 3.63) is 41.9 Å². The van der Waals surface area contributed by atoms with Gasteiger partial charge in [0.2, 0.25) is 0 Å². The van der Waals surface area contributed by atoms with E-state index in [0.717, 1.165) is 81.5 Å². The number of imidazole rings is 3. The number of carbonyl (C=O) groups is 1. The number of fused-ring (bicyclic) bond motifs is 3. The Morgan fingerprint density at radius 2 is 0.838 bits per heavy atom. The van der Waals surface area contributed by atoms with Gasteiger partial charge in [-0.3, -0.25) is 28.0 Å². The average Bonchev–Trinajstić information content (AvgIpc) is 1.69. The van der Waals surface area contributed by atoms with Gasteiger partial charge in [-0.2, -0.15) is 28.8 Å². The first-order chi connectivity index (χ1) is 50.2. The molecule has 0 amide bonds. The number of halogens is 3. The smallest absolute Gasteiger partial charge is 0.373 e. The normalized spacial score (nSPS) is 13.4. The first-order valence-corrected chi connectivity index (χ1v) is 42.4. The molecule has 105 heavy (non-hydrogen) atoms. The average molecular weight is 1630 g/mol. The minimum Gasteiger partial charge on any atom is -0.469 e. The Labute approximate surface area is 630 Å². The van der Waals surface area contributed by atoms with E-state index in [0.29, 0.717) is 127 Å². The highest BCUT2D eigenvalue weighted by atomic mass is 35.5. The predicted octanol–water partition coefficient (Wildman–Crippen LogP) is 8.86. The number of ether oxygens (including phenoxy) is 1. The highest BCUT2D eigenvalue weighted by molar-refractivity contribution is 7.54. The van der Waals surface area contributed by atoms with E-state index in [9.17, 15) is 23.1 Å². The number of hydrogen-bond donors (Lipinski definition) is 5. The minimum absolute atomic E-state index is 0.0330. The molecule has 0 saturated heterocycles. The van der Waals surface area contributed by atoms with E-state index >= 15 is 0 Å². The summed E-state index contributed by atoms with van der Waals surface area (Å²) in [7, 11) is -11.8. The fourth-order valence-corrected chi connectivity index (χ4v) is 15.6. The van der Waals surface area contributed by atoms with Crippen molar-refractivity contribution in [2.45, 2.75) is 132 Å². The fourth-order valence-electron chi connectivity index (χ4n) is 9.56. The van der Waals surface area contributed by atoms with Crippen molar-refractivity contribution in [3.8, 4) is 0 Å². The maximum Gasteiger partial charge on any atom is 0.373 e. The molecule has 4 aromatic heterocycles. The number of rotatable bonds is 44. The Kier molecular flexibility index (Phi) is 58.8. The molecule has 2 unspecified atom stereocenters. The standard InChI is InChI=1S/C16H29ClN5O3P.C16H27ClN5O3P.C12H21ClN5O3P.C12H26NO6P.C2H6.3CO2/c2*1-4-7-21(10-11-26(23,24-5-2)25-6-3)8-9-22-13-20-14-15(17)18-12-19-16(14)22;1-2-3-17(6-7-22(19,20)21)4-5-18-9-16-10-11(13)14-8-15-12(10)18;1-4-18-20(16,19-5-2)11-9-13(8-10-14)7-6-12(15)17-3;1-2;3*2-1-3/h12-13,15H,4-11H2,1-3H3,(H,18,19);12-13H,4-11H2,1-3H3;8-9,11H,2-7H2,1H3,(H,14,15)(H2,19,20,21);14H,4-11H2,1-3H3;1-2H3;;;. The molecule has 6 heterocycles. The molecule has 0 spiro atoms. The summed E-state index contributed by atoms with van der Waals surface area (Å²) in [5, 5.41) is 15.5. The second-order valence-electron chi connectivity index (χ2n) is 21.2. The molecule has 5 N–H and O–H groups in total. The maximum atomic E-state index is 12.7. The number of esters is 1. The predicted molar refractivity (Wildman–Crippen MR) is 397 cm³/mol. The van der Waals surface area contributed by atoms with Crippen LogP contribution in [0, 0.1) is 0 Å². The lowest BCUT2D eigenvalue weighted by Gasteiger charge is -2.25. The number of hydrogen-bond acceptors (Lipinski definition) is 32. The molecule has 0 radical (unpaired) electrons. The van der Waals surface area contributed by atoms with Gasteiger partial charge in [-0.15, -0.1) is 0 Å². The Morgan fingerprint density at radius 1 is 0.505 bits per heavy atom. The molecule has 2 aliphatic heterocycles. The van der Waals surface area contributed by atoms with Gasteiger partial charge in [0, 0.05) is 78.5 Å². The molecular formula is C61H109Cl3N16O21P4. The third-order valence-electron chi connectivity index (χ3n) is 14.0. The molecule has 37 nitrogen and oxygen atoms in total. The lowest BCUT2D eigenvalue weighted by Crippen LogP contribution is -2.32. The summed E-state index contributed by atoms with van der Waals surface area (Å²) in [6, 6.07) is 0. The highest BCUT2D eigenvalue weighted by Gasteiger charge is 2.29. The second kappa shape index (κ2) is 60.7. The van der Waals surface area contributed by atoms with Crippen LogP contribution in [-0.2, 0) is 103 Å². The van der Waals surface area contributed by atoms with Crippen LogP contribution in [0.15, 0.2) is 35.3 Å². The SMILES string of the molecule is CC.CCCN(CCn1cnc2c(Cl)ncnc21)CCP(=O)(OCC)OCC.CCCN(CCn1cnc2c1NC=NC2Cl)CCP(=O)(O)O.CCCN(CCn1cnc2c1NC=NC2Cl)CCP(=O)(OCC)OCC.CCOP(=O)(CCN(CCO)CCC(=O)OC)OCC.O=C=O.O=C=O.O=C=O. The van der Waals surface area contributed by atoms with Gasteiger partial charge in [0.15, 0.2) is 21.8 Å². The molecule has 4 aromatic rings. The number of aliphatic hydroxyl groups excluding tert-OH is 1. The fraction of sp³-hybridized carbons (Fsp3) is 0.721. The van der Waals surface area contributed by atoms with Crippen LogP contribution in [0.4, 0.5) is 11.6 Å². The van der Waals surface area contributed by atoms with Crippen LogP contribution in [0.25, 0.3) is 11.2 Å². The molecule has 44 heteroatoms. The summed E-state index contributed by atoms with van der Waals surface area (Å²) >= 11 is 18.3. The molecule has 0 saturated carbocycles. The van der Waals surface area contributed by atoms with E-state index in [-0.39, 0.29) is 49.8 Å². The number of alkyl halides is 2. The molecular weight excluding hydrogens is 1520 g/mol. The van der Waals surface area contributed by atoms with E-state index in [1.807, 2.05) is 72.0 Å². The van der Waals surface area contributed by atoms with Gasteiger partial charge in [0.05, 0.1) is 116 Å². The molecule has 2 atom stereocenters. The molecule has 6 rings (SSSR count). The van der Waals surface area contributed by atoms with Crippen LogP contribution >= 0.6 is 65.2 Å². The lowest BCUT2D eigenvalue weighted by atomic mass is 10.3. The van der Waals surface area contributed by atoms with Gasteiger partial charge in [-0.1, -0.05) is 69.4 Å². The molecule has 0 bridgehead atoms. The Bertz CT molecular complexity index is 3300. The lowest BCUT2D eigenvalue weighted by molar-refractivity contribution is -0.193. The number of aromatic nitrogens is 8. The monoisotopic (exact) mass is 1630 g/mol. The number of anilines is 2. The van der Waals surface area contributed by atoms with E-state index in [4.69, 9.17) is 106 Å². The highest BCUT2D eigenvalue weighted by Crippen LogP contribution is 2.49. The van der Waals surface area contributed by atoms with Crippen LogP contribution in [-0.4, -0.2) is 267 Å². The van der Waals surface area contributed by atoms with Crippen LogP contribution in [0.1, 0.15) is 124 Å². The van der Waals surface area contributed by atoms with Gasteiger partial charge in [-0.05, 0) is 80.4 Å². The van der Waals surface area contributed by atoms with Crippen LogP contribution in [0.5, 0.6) is 0 Å². The largest absolute Gasteiger partial charge is 0.469 e. The maximum absolute atomic E-state index is 12.7. The first-order valence-electron chi connectivity index (χ1n) is 34.2. The van der Waals surface area contributed by atoms with Crippen LogP contribution in [0.3, 0.4) is 0 Å². The molecule has 600 valence electrons. The minimum atomic E-state index is -3.96. The topological polar surface area (TPSA) is 454 Å². The number of methoxy groups -OCH3 is 1. The summed E-state index contributed by atoms with van der Waals surface area (Å²) in [4.78, 5) is 115. The number of carbonyl (C=O) groups excluding carboxylic acids is 7. The summed E-state index contributed by atoms with van der Waals surface area (Å²) in [5.74, 6) is 1.39. The van der Waals surface area contributed by atoms with Crippen molar-refractivity contribution in [2.75, 3.05) is 167 Å². The number of nitrogens with zero attached hydrogens (tertiary/aromatic N) is 14. The summed E-state index contributed by atoms with van der Waals surface area (Å²) in [6.07, 6.45) is 14.6. The van der Waals surface area contributed by atoms with Gasteiger partial charge < -0.3 is 85.8 Å². The van der Waals surface area contributed by atoms with Gasteiger partial charge in [-0.25, -0.2) is 34.9 Å². The van der Waals surface area contributed by atoms with Gasteiger partial charge in [0.1, 0.15) is 34.9 Å². The summed E-state index contributed by atoms with van der Waals surface area (Å²) in [5.41, 5.74) is 1.85. The van der Waals surface area contributed by atoms with Crippen molar-refractivity contribution in [3.63, 3.8) is 0 Å². The third-order valence-corrected chi connectivity index (χ3v) is 21.8.